The fraction of sp³-hybridized carbons (Fsp3) is 0.500. The van der Waals surface area contributed by atoms with E-state index in [0.717, 1.165) is 47.9 Å². The molecule has 0 saturated heterocycles. The van der Waals surface area contributed by atoms with E-state index in [1.807, 2.05) is 19.1 Å². The second-order valence-corrected chi connectivity index (χ2v) is 9.25. The zero-order chi connectivity index (χ0) is 20.8. The van der Waals surface area contributed by atoms with Crippen LogP contribution in [0.25, 0.3) is 10.1 Å². The lowest BCUT2D eigenvalue weighted by atomic mass is 9.83. The summed E-state index contributed by atoms with van der Waals surface area (Å²) >= 11 is 1.62. The minimum atomic E-state index is -0.734. The van der Waals surface area contributed by atoms with E-state index in [1.54, 1.807) is 17.4 Å². The van der Waals surface area contributed by atoms with Crippen molar-refractivity contribution in [2.75, 3.05) is 0 Å². The van der Waals surface area contributed by atoms with Crippen LogP contribution in [0, 0.1) is 11.8 Å². The third-order valence-electron chi connectivity index (χ3n) is 5.99. The summed E-state index contributed by atoms with van der Waals surface area (Å²) in [4.78, 5) is 24.0. The van der Waals surface area contributed by atoms with Gasteiger partial charge >= 0.3 is 5.97 Å². The number of aliphatic hydroxyl groups excluding tert-OH is 1. The number of carbonyl (C=O) groups excluding carboxylic acids is 1. The molecule has 29 heavy (non-hydrogen) atoms. The number of ketones is 1. The van der Waals surface area contributed by atoms with E-state index in [2.05, 4.69) is 18.2 Å². The molecule has 1 aromatic heterocycles. The Morgan fingerprint density at radius 3 is 2.62 bits per heavy atom. The van der Waals surface area contributed by atoms with Gasteiger partial charge < -0.3 is 10.2 Å². The summed E-state index contributed by atoms with van der Waals surface area (Å²) in [6.07, 6.45) is 7.41. The van der Waals surface area contributed by atoms with Crippen molar-refractivity contribution in [1.82, 2.24) is 0 Å². The number of unbranched alkanes of at least 4 members (excludes halogenated alkanes) is 3. The molecule has 0 bridgehead atoms. The predicted molar refractivity (Wildman–Crippen MR) is 117 cm³/mol. The highest BCUT2D eigenvalue weighted by molar-refractivity contribution is 7.19. The van der Waals surface area contributed by atoms with E-state index in [-0.39, 0.29) is 24.0 Å². The number of hydrogen-bond donors (Lipinski definition) is 2. The summed E-state index contributed by atoms with van der Waals surface area (Å²) < 4.78 is 1.18. The summed E-state index contributed by atoms with van der Waals surface area (Å²) in [6.45, 7) is 2.04. The normalized spacial score (nSPS) is 20.2. The first-order valence-corrected chi connectivity index (χ1v) is 11.4. The van der Waals surface area contributed by atoms with Crippen molar-refractivity contribution in [3.8, 4) is 0 Å². The Morgan fingerprint density at radius 1 is 1.10 bits per heavy atom. The maximum Gasteiger partial charge on any atom is 0.303 e. The molecule has 3 atom stereocenters. The number of hydrogen-bond acceptors (Lipinski definition) is 4. The van der Waals surface area contributed by atoms with E-state index in [9.17, 15) is 14.7 Å². The molecule has 1 aliphatic carbocycles. The molecule has 0 saturated carbocycles. The van der Waals surface area contributed by atoms with Crippen LogP contribution in [0.5, 0.6) is 0 Å². The molecule has 1 heterocycles. The molecule has 4 nitrogen and oxygen atoms in total. The number of thiophene rings is 1. The van der Waals surface area contributed by atoms with Crippen molar-refractivity contribution < 1.29 is 19.8 Å². The molecule has 3 unspecified atom stereocenters. The molecule has 0 radical (unpaired) electrons. The van der Waals surface area contributed by atoms with Crippen LogP contribution in [-0.2, 0) is 9.59 Å². The monoisotopic (exact) mass is 414 g/mol. The number of allylic oxidation sites excluding steroid dienone is 2. The van der Waals surface area contributed by atoms with Gasteiger partial charge in [-0.2, -0.15) is 0 Å². The van der Waals surface area contributed by atoms with E-state index in [0.29, 0.717) is 12.8 Å². The van der Waals surface area contributed by atoms with Crippen molar-refractivity contribution in [2.45, 2.75) is 64.4 Å². The summed E-state index contributed by atoms with van der Waals surface area (Å²) in [5, 5.41) is 20.5. The van der Waals surface area contributed by atoms with Crippen LogP contribution in [0.2, 0.25) is 0 Å². The Bertz CT molecular complexity index is 849. The number of carboxylic acid groups (broad SMARTS) is 1. The van der Waals surface area contributed by atoms with E-state index >= 15 is 0 Å². The summed E-state index contributed by atoms with van der Waals surface area (Å²) in [5.74, 6) is -0.307. The average molecular weight is 415 g/mol. The van der Waals surface area contributed by atoms with Crippen molar-refractivity contribution in [2.24, 2.45) is 11.8 Å². The largest absolute Gasteiger partial charge is 0.481 e. The van der Waals surface area contributed by atoms with Crippen LogP contribution in [0.4, 0.5) is 0 Å². The Hall–Kier alpha value is -1.98. The first-order valence-electron chi connectivity index (χ1n) is 10.6. The Morgan fingerprint density at radius 2 is 1.86 bits per heavy atom. The molecule has 1 aliphatic rings. The molecular formula is C24H30O4S. The highest BCUT2D eigenvalue weighted by Gasteiger charge is 2.33. The van der Waals surface area contributed by atoms with Crippen LogP contribution in [0.1, 0.15) is 69.3 Å². The summed E-state index contributed by atoms with van der Waals surface area (Å²) in [6, 6.07) is 10.2. The Labute approximate surface area is 176 Å². The lowest BCUT2D eigenvalue weighted by Gasteiger charge is -2.21. The van der Waals surface area contributed by atoms with Crippen LogP contribution in [-0.4, -0.2) is 22.0 Å². The first-order chi connectivity index (χ1) is 14.0. The van der Waals surface area contributed by atoms with Gasteiger partial charge in [-0.3, -0.25) is 9.59 Å². The maximum absolute atomic E-state index is 12.5. The molecular weight excluding hydrogens is 384 g/mol. The molecule has 1 aromatic carbocycles. The lowest BCUT2D eigenvalue weighted by Crippen LogP contribution is -2.18. The number of aliphatic hydroxyl groups is 1. The molecule has 0 amide bonds. The topological polar surface area (TPSA) is 74.6 Å². The van der Waals surface area contributed by atoms with Gasteiger partial charge in [0.2, 0.25) is 0 Å². The molecule has 5 heteroatoms. The van der Waals surface area contributed by atoms with Gasteiger partial charge in [0.05, 0.1) is 6.10 Å². The number of carboxylic acids is 1. The lowest BCUT2D eigenvalue weighted by molar-refractivity contribution is -0.137. The number of carbonyl (C=O) groups is 2. The van der Waals surface area contributed by atoms with Gasteiger partial charge in [-0.05, 0) is 62.1 Å². The van der Waals surface area contributed by atoms with Crippen LogP contribution < -0.4 is 0 Å². The van der Waals surface area contributed by atoms with Crippen molar-refractivity contribution in [1.29, 1.82) is 0 Å². The quantitative estimate of drug-likeness (QED) is 0.449. The van der Waals surface area contributed by atoms with E-state index < -0.39 is 12.1 Å². The first kappa shape index (κ1) is 21.7. The minimum Gasteiger partial charge on any atom is -0.481 e. The van der Waals surface area contributed by atoms with Crippen LogP contribution >= 0.6 is 11.3 Å². The Balaban J connectivity index is 1.49. The van der Waals surface area contributed by atoms with E-state index in [4.69, 9.17) is 5.11 Å². The number of benzene rings is 1. The van der Waals surface area contributed by atoms with Crippen molar-refractivity contribution >= 4 is 33.2 Å². The number of aliphatic carboxylic acids is 1. The highest BCUT2D eigenvalue weighted by Crippen LogP contribution is 2.39. The zero-order valence-corrected chi connectivity index (χ0v) is 17.8. The Kier molecular flexibility index (Phi) is 7.62. The van der Waals surface area contributed by atoms with Crippen molar-refractivity contribution in [3.05, 3.63) is 46.9 Å². The van der Waals surface area contributed by atoms with Gasteiger partial charge in [0.25, 0.3) is 0 Å². The van der Waals surface area contributed by atoms with Crippen LogP contribution in [0.15, 0.2) is 42.0 Å². The minimum absolute atomic E-state index is 0.0296. The van der Waals surface area contributed by atoms with Gasteiger partial charge in [-0.25, -0.2) is 0 Å². The number of rotatable bonds is 11. The van der Waals surface area contributed by atoms with Gasteiger partial charge in [0.1, 0.15) is 0 Å². The molecule has 2 aromatic rings. The van der Waals surface area contributed by atoms with E-state index in [1.165, 1.54) is 4.70 Å². The SMILES string of the molecule is CC1=CC(=O)C(CCC(O)c2cc3ccccc3s2)C1CCCCCCC(=O)O. The summed E-state index contributed by atoms with van der Waals surface area (Å²) in [5.41, 5.74) is 1.15. The fourth-order valence-corrected chi connectivity index (χ4v) is 5.45. The number of fused-ring (bicyclic) bond motifs is 1. The molecule has 2 N–H and O–H groups in total. The van der Waals surface area contributed by atoms with Crippen molar-refractivity contribution in [3.63, 3.8) is 0 Å². The van der Waals surface area contributed by atoms with Gasteiger partial charge in [0.15, 0.2) is 5.78 Å². The van der Waals surface area contributed by atoms with Gasteiger partial charge in [-0.1, -0.05) is 43.0 Å². The predicted octanol–water partition coefficient (Wildman–Crippen LogP) is 5.90. The third-order valence-corrected chi connectivity index (χ3v) is 7.20. The molecule has 0 fully saturated rings. The maximum atomic E-state index is 12.5. The zero-order valence-electron chi connectivity index (χ0n) is 17.0. The average Bonchev–Trinajstić information content (AvgIpc) is 3.23. The highest BCUT2D eigenvalue weighted by atomic mass is 32.1. The summed E-state index contributed by atoms with van der Waals surface area (Å²) in [7, 11) is 0. The second-order valence-electron chi connectivity index (χ2n) is 8.13. The molecule has 0 spiro atoms. The molecule has 156 valence electrons. The molecule has 0 aliphatic heterocycles. The molecule has 3 rings (SSSR count). The van der Waals surface area contributed by atoms with Gasteiger partial charge in [0, 0.05) is 21.9 Å². The third kappa shape index (κ3) is 5.77. The fourth-order valence-electron chi connectivity index (χ4n) is 4.37. The van der Waals surface area contributed by atoms with Gasteiger partial charge in [-0.15, -0.1) is 11.3 Å². The standard InChI is InChI=1S/C24H30O4S/c1-16-14-21(26)19(18(16)9-4-2-3-5-11-24(27)28)12-13-20(25)23-15-17-8-6-7-10-22(17)29-23/h6-8,10,14-15,18-20,25H,2-5,9,11-13H2,1H3,(H,27,28). The smallest absolute Gasteiger partial charge is 0.303 e. The second kappa shape index (κ2) is 10.2. The van der Waals surface area contributed by atoms with Crippen LogP contribution in [0.3, 0.4) is 0 Å².